The fourth-order valence-electron chi connectivity index (χ4n) is 3.42. The molecular weight excluding hydrogens is 511 g/mol. The summed E-state index contributed by atoms with van der Waals surface area (Å²) in [7, 11) is 0. The molecule has 1 atom stereocenters. The first-order valence-corrected chi connectivity index (χ1v) is 12.5. The zero-order valence-electron chi connectivity index (χ0n) is 20.4. The first-order valence-electron chi connectivity index (χ1n) is 11.8. The van der Waals surface area contributed by atoms with E-state index in [1.54, 1.807) is 36.0 Å². The Labute approximate surface area is 225 Å². The van der Waals surface area contributed by atoms with E-state index in [-0.39, 0.29) is 0 Å². The first-order chi connectivity index (χ1) is 17.9. The topological polar surface area (TPSA) is 77.7 Å². The van der Waals surface area contributed by atoms with E-state index in [4.69, 9.17) is 37.8 Å². The van der Waals surface area contributed by atoms with Gasteiger partial charge in [-0.3, -0.25) is 4.79 Å². The average molecular weight is 537 g/mol. The number of hydrogen-bond donors (Lipinski definition) is 1. The predicted octanol–water partition coefficient (Wildman–Crippen LogP) is 6.55. The molecule has 0 aliphatic carbocycles. The Morgan fingerprint density at radius 2 is 1.86 bits per heavy atom. The summed E-state index contributed by atoms with van der Waals surface area (Å²) in [5.74, 6) is 0.720. The first kappa shape index (κ1) is 26.3. The minimum absolute atomic E-state index is 0.319. The largest absolute Gasteiger partial charge is 0.494 e. The third-order valence-corrected chi connectivity index (χ3v) is 5.84. The third kappa shape index (κ3) is 6.90. The summed E-state index contributed by atoms with van der Waals surface area (Å²) in [4.78, 5) is 12.6. The van der Waals surface area contributed by atoms with Crippen molar-refractivity contribution in [1.82, 2.24) is 15.2 Å². The second-order valence-corrected chi connectivity index (χ2v) is 9.00. The number of nitrogens with zero attached hydrogens (tertiary/aromatic N) is 3. The summed E-state index contributed by atoms with van der Waals surface area (Å²) in [6.07, 6.45) is 3.52. The van der Waals surface area contributed by atoms with E-state index in [0.29, 0.717) is 28.1 Å². The highest BCUT2D eigenvalue weighted by atomic mass is 35.5. The second kappa shape index (κ2) is 12.4. The zero-order chi connectivity index (χ0) is 26.2. The molecule has 3 aromatic carbocycles. The molecule has 1 amide bonds. The molecule has 190 valence electrons. The summed E-state index contributed by atoms with van der Waals surface area (Å²) in [6, 6.07) is 22.3. The summed E-state index contributed by atoms with van der Waals surface area (Å²) in [6.45, 7) is 4.33. The Hall–Kier alpha value is -3.81. The van der Waals surface area contributed by atoms with Gasteiger partial charge in [0.15, 0.2) is 6.10 Å². The maximum atomic E-state index is 12.6. The molecule has 9 heteroatoms. The van der Waals surface area contributed by atoms with Gasteiger partial charge in [0.25, 0.3) is 5.91 Å². The van der Waals surface area contributed by atoms with Crippen molar-refractivity contribution in [2.45, 2.75) is 26.4 Å². The summed E-state index contributed by atoms with van der Waals surface area (Å²) >= 11 is 12.1. The summed E-state index contributed by atoms with van der Waals surface area (Å²) in [5, 5.41) is 9.72. The number of ether oxygens (including phenoxy) is 2. The van der Waals surface area contributed by atoms with Crippen molar-refractivity contribution < 1.29 is 14.3 Å². The number of nitrogens with one attached hydrogen (secondary N) is 1. The van der Waals surface area contributed by atoms with Crippen LogP contribution in [0.25, 0.3) is 16.9 Å². The number of carbonyl (C=O) groups is 1. The van der Waals surface area contributed by atoms with Crippen LogP contribution in [0.5, 0.6) is 11.5 Å². The smallest absolute Gasteiger partial charge is 0.280 e. The number of carbonyl (C=O) groups excluding carboxylic acids is 1. The molecule has 4 aromatic rings. The maximum absolute atomic E-state index is 12.6. The highest BCUT2D eigenvalue weighted by Gasteiger charge is 2.16. The average Bonchev–Trinajstić information content (AvgIpc) is 3.34. The van der Waals surface area contributed by atoms with Crippen molar-refractivity contribution in [3.05, 3.63) is 94.6 Å². The monoisotopic (exact) mass is 536 g/mol. The number of halogens is 2. The van der Waals surface area contributed by atoms with Crippen LogP contribution in [0.2, 0.25) is 10.0 Å². The van der Waals surface area contributed by atoms with Crippen molar-refractivity contribution >= 4 is 35.3 Å². The lowest BCUT2D eigenvalue weighted by molar-refractivity contribution is -0.127. The van der Waals surface area contributed by atoms with E-state index < -0.39 is 12.0 Å². The molecule has 0 aliphatic heterocycles. The van der Waals surface area contributed by atoms with Crippen LogP contribution in [0.4, 0.5) is 0 Å². The number of hydrogen-bond acceptors (Lipinski definition) is 5. The van der Waals surface area contributed by atoms with Gasteiger partial charge in [-0.2, -0.15) is 10.2 Å². The van der Waals surface area contributed by atoms with Gasteiger partial charge in [0.05, 0.1) is 23.5 Å². The van der Waals surface area contributed by atoms with Crippen LogP contribution < -0.4 is 14.9 Å². The molecule has 0 saturated carbocycles. The number of rotatable bonds is 10. The maximum Gasteiger partial charge on any atom is 0.280 e. The molecule has 0 bridgehead atoms. The van der Waals surface area contributed by atoms with Gasteiger partial charge in [-0.05, 0) is 67.9 Å². The van der Waals surface area contributed by atoms with E-state index in [9.17, 15) is 4.79 Å². The fraction of sp³-hybridized carbons (Fsp3) is 0.179. The van der Waals surface area contributed by atoms with Crippen LogP contribution in [0.3, 0.4) is 0 Å². The van der Waals surface area contributed by atoms with E-state index in [0.717, 1.165) is 29.0 Å². The molecule has 1 unspecified atom stereocenters. The molecule has 0 aliphatic rings. The molecule has 0 saturated heterocycles. The Morgan fingerprint density at radius 3 is 2.57 bits per heavy atom. The number of para-hydroxylation sites is 1. The Bertz CT molecular complexity index is 1370. The van der Waals surface area contributed by atoms with E-state index in [1.807, 2.05) is 60.8 Å². The van der Waals surface area contributed by atoms with E-state index in [2.05, 4.69) is 17.5 Å². The SMILES string of the molecule is CCCOc1ccc(-c2nn(-c3ccccc3)cc2/C=N/NC(=O)C(C)Oc2ccc(Cl)cc2Cl)cc1. The molecule has 0 radical (unpaired) electrons. The minimum atomic E-state index is -0.835. The predicted molar refractivity (Wildman–Crippen MR) is 147 cm³/mol. The molecule has 37 heavy (non-hydrogen) atoms. The summed E-state index contributed by atoms with van der Waals surface area (Å²) in [5.41, 5.74) is 5.74. The number of amides is 1. The minimum Gasteiger partial charge on any atom is -0.494 e. The zero-order valence-corrected chi connectivity index (χ0v) is 21.9. The Balaban J connectivity index is 1.52. The highest BCUT2D eigenvalue weighted by molar-refractivity contribution is 6.35. The van der Waals surface area contributed by atoms with Gasteiger partial charge in [-0.25, -0.2) is 10.1 Å². The van der Waals surface area contributed by atoms with Crippen LogP contribution in [-0.4, -0.2) is 34.6 Å². The second-order valence-electron chi connectivity index (χ2n) is 8.16. The van der Waals surface area contributed by atoms with Crippen molar-refractivity contribution in [3.8, 4) is 28.4 Å². The van der Waals surface area contributed by atoms with Gasteiger partial charge < -0.3 is 9.47 Å². The van der Waals surface area contributed by atoms with Crippen molar-refractivity contribution in [2.75, 3.05) is 6.61 Å². The van der Waals surface area contributed by atoms with Gasteiger partial charge in [0, 0.05) is 22.3 Å². The van der Waals surface area contributed by atoms with Crippen LogP contribution >= 0.6 is 23.2 Å². The molecule has 1 aromatic heterocycles. The van der Waals surface area contributed by atoms with Gasteiger partial charge >= 0.3 is 0 Å². The molecular formula is C28H26Cl2N4O3. The van der Waals surface area contributed by atoms with Crippen molar-refractivity contribution in [2.24, 2.45) is 5.10 Å². The highest BCUT2D eigenvalue weighted by Crippen LogP contribution is 2.28. The summed E-state index contributed by atoms with van der Waals surface area (Å²) < 4.78 is 13.1. The van der Waals surface area contributed by atoms with Gasteiger partial charge in [-0.15, -0.1) is 0 Å². The van der Waals surface area contributed by atoms with Crippen molar-refractivity contribution in [3.63, 3.8) is 0 Å². The van der Waals surface area contributed by atoms with Crippen LogP contribution in [0.15, 0.2) is 84.1 Å². The molecule has 7 nitrogen and oxygen atoms in total. The quantitative estimate of drug-likeness (QED) is 0.184. The molecule has 4 rings (SSSR count). The normalized spacial score (nSPS) is 11.9. The van der Waals surface area contributed by atoms with Gasteiger partial charge in [-0.1, -0.05) is 48.3 Å². The lowest BCUT2D eigenvalue weighted by Gasteiger charge is -2.14. The third-order valence-electron chi connectivity index (χ3n) is 5.31. The van der Waals surface area contributed by atoms with Gasteiger partial charge in [0.2, 0.25) is 0 Å². The standard InChI is InChI=1S/C28H26Cl2N4O3/c1-3-15-36-24-12-9-20(10-13-24)27-21(18-34(33-27)23-7-5-4-6-8-23)17-31-32-28(35)19(2)37-26-14-11-22(29)16-25(26)30/h4-14,16-19H,3,15H2,1-2H3,(H,32,35)/b31-17+. The van der Waals surface area contributed by atoms with Crippen LogP contribution in [0.1, 0.15) is 25.8 Å². The van der Waals surface area contributed by atoms with Crippen LogP contribution in [-0.2, 0) is 4.79 Å². The fourth-order valence-corrected chi connectivity index (χ4v) is 3.87. The van der Waals surface area contributed by atoms with Gasteiger partial charge in [0.1, 0.15) is 17.2 Å². The van der Waals surface area contributed by atoms with E-state index in [1.165, 1.54) is 0 Å². The molecule has 0 spiro atoms. The lowest BCUT2D eigenvalue weighted by Crippen LogP contribution is -2.33. The Morgan fingerprint density at radius 1 is 1.11 bits per heavy atom. The molecule has 1 N–H and O–H groups in total. The number of benzene rings is 3. The lowest BCUT2D eigenvalue weighted by atomic mass is 10.1. The number of aromatic nitrogens is 2. The van der Waals surface area contributed by atoms with Crippen LogP contribution in [0, 0.1) is 0 Å². The van der Waals surface area contributed by atoms with Crippen molar-refractivity contribution in [1.29, 1.82) is 0 Å². The van der Waals surface area contributed by atoms with E-state index >= 15 is 0 Å². The number of hydrazone groups is 1. The molecule has 1 heterocycles. The molecule has 0 fully saturated rings. The Kier molecular flexibility index (Phi) is 8.82.